The highest BCUT2D eigenvalue weighted by atomic mass is 19.1. The van der Waals surface area contributed by atoms with Crippen molar-refractivity contribution in [2.24, 2.45) is 0 Å². The fraction of sp³-hybridized carbons (Fsp3) is 0.200. The van der Waals surface area contributed by atoms with Gasteiger partial charge in [-0.3, -0.25) is 4.79 Å². The zero-order chi connectivity index (χ0) is 18.9. The Morgan fingerprint density at radius 1 is 1.35 bits per heavy atom. The number of nitriles is 1. The Kier molecular flexibility index (Phi) is 6.75. The van der Waals surface area contributed by atoms with E-state index in [0.717, 1.165) is 18.9 Å². The van der Waals surface area contributed by atoms with E-state index in [1.165, 1.54) is 12.1 Å². The predicted molar refractivity (Wildman–Crippen MR) is 97.1 cm³/mol. The Balaban J connectivity index is 2.24. The van der Waals surface area contributed by atoms with Gasteiger partial charge in [0.1, 0.15) is 11.6 Å². The molecule has 1 amide bonds. The number of halogens is 1. The number of rotatable bonds is 7. The van der Waals surface area contributed by atoms with Crippen molar-refractivity contribution in [3.63, 3.8) is 0 Å². The Bertz CT molecular complexity index is 842. The highest BCUT2D eigenvalue weighted by Crippen LogP contribution is 2.31. The fourth-order valence-electron chi connectivity index (χ4n) is 2.15. The van der Waals surface area contributed by atoms with E-state index in [1.54, 1.807) is 36.4 Å². The third-order valence-corrected chi connectivity index (χ3v) is 3.51. The van der Waals surface area contributed by atoms with Crippen LogP contribution in [-0.2, 0) is 4.79 Å². The van der Waals surface area contributed by atoms with Gasteiger partial charge in [0.25, 0.3) is 5.91 Å². The molecule has 0 fully saturated rings. The second-order valence-electron chi connectivity index (χ2n) is 5.54. The van der Waals surface area contributed by atoms with Crippen molar-refractivity contribution in [1.82, 2.24) is 0 Å². The number of phenols is 1. The van der Waals surface area contributed by atoms with Crippen LogP contribution in [-0.4, -0.2) is 17.6 Å². The summed E-state index contributed by atoms with van der Waals surface area (Å²) >= 11 is 0. The first-order chi connectivity index (χ1) is 12.5. The minimum atomic E-state index is -0.883. The second-order valence-corrected chi connectivity index (χ2v) is 5.54. The molecule has 0 atom stereocenters. The molecule has 0 saturated carbocycles. The molecule has 2 aromatic rings. The van der Waals surface area contributed by atoms with Gasteiger partial charge in [-0.1, -0.05) is 31.5 Å². The molecule has 0 aliphatic rings. The summed E-state index contributed by atoms with van der Waals surface area (Å²) in [4.78, 5) is 12.2. The van der Waals surface area contributed by atoms with Crippen molar-refractivity contribution in [3.05, 3.63) is 59.4 Å². The van der Waals surface area contributed by atoms with E-state index in [9.17, 15) is 19.6 Å². The Morgan fingerprint density at radius 2 is 2.08 bits per heavy atom. The van der Waals surface area contributed by atoms with Gasteiger partial charge >= 0.3 is 0 Å². The van der Waals surface area contributed by atoms with Gasteiger partial charge in [0.15, 0.2) is 17.3 Å². The lowest BCUT2D eigenvalue weighted by molar-refractivity contribution is -0.112. The Morgan fingerprint density at radius 3 is 2.73 bits per heavy atom. The first-order valence-corrected chi connectivity index (χ1v) is 8.18. The van der Waals surface area contributed by atoms with E-state index >= 15 is 0 Å². The molecule has 2 rings (SSSR count). The Labute approximate surface area is 151 Å². The van der Waals surface area contributed by atoms with E-state index in [1.807, 2.05) is 6.92 Å². The molecule has 0 unspecified atom stereocenters. The molecule has 0 aliphatic carbocycles. The molecule has 0 radical (unpaired) electrons. The number of hydrogen-bond donors (Lipinski definition) is 2. The van der Waals surface area contributed by atoms with E-state index in [0.29, 0.717) is 12.3 Å². The monoisotopic (exact) mass is 354 g/mol. The minimum absolute atomic E-state index is 0.0227. The van der Waals surface area contributed by atoms with Crippen LogP contribution >= 0.6 is 0 Å². The lowest BCUT2D eigenvalue weighted by atomic mass is 10.1. The lowest BCUT2D eigenvalue weighted by Gasteiger charge is -2.09. The third kappa shape index (κ3) is 5.08. The van der Waals surface area contributed by atoms with Crippen molar-refractivity contribution in [1.29, 1.82) is 5.26 Å². The van der Waals surface area contributed by atoms with E-state index in [2.05, 4.69) is 5.32 Å². The molecule has 0 aromatic heterocycles. The van der Waals surface area contributed by atoms with Gasteiger partial charge in [-0.2, -0.15) is 5.26 Å². The summed E-state index contributed by atoms with van der Waals surface area (Å²) in [6.45, 7) is 2.31. The maximum Gasteiger partial charge on any atom is 0.266 e. The van der Waals surface area contributed by atoms with Crippen LogP contribution in [0.5, 0.6) is 11.5 Å². The molecule has 0 spiro atoms. The molecule has 0 saturated heterocycles. The first kappa shape index (κ1) is 19.0. The summed E-state index contributed by atoms with van der Waals surface area (Å²) < 4.78 is 19.3. The number of unbranched alkanes of at least 4 members (excludes halogenated alkanes) is 1. The number of aromatic hydroxyl groups is 1. The van der Waals surface area contributed by atoms with Crippen LogP contribution in [0, 0.1) is 17.1 Å². The Hall–Kier alpha value is -3.33. The minimum Gasteiger partial charge on any atom is -0.502 e. The second kappa shape index (κ2) is 9.23. The number of ether oxygens (including phenoxy) is 1. The molecule has 134 valence electrons. The average Bonchev–Trinajstić information content (AvgIpc) is 2.64. The van der Waals surface area contributed by atoms with Crippen LogP contribution in [0.4, 0.5) is 10.1 Å². The van der Waals surface area contributed by atoms with Crippen LogP contribution in [0.15, 0.2) is 48.0 Å². The zero-order valence-corrected chi connectivity index (χ0v) is 14.3. The maximum atomic E-state index is 13.9. The van der Waals surface area contributed by atoms with Gasteiger partial charge in [-0.15, -0.1) is 0 Å². The number of benzene rings is 2. The topological polar surface area (TPSA) is 82.3 Å². The molecular formula is C20H19FN2O3. The summed E-state index contributed by atoms with van der Waals surface area (Å²) in [6.07, 6.45) is 2.89. The maximum absolute atomic E-state index is 13.9. The number of nitrogens with zero attached hydrogens (tertiary/aromatic N) is 1. The summed E-state index contributed by atoms with van der Waals surface area (Å²) in [5, 5.41) is 21.6. The SMILES string of the molecule is CCCCOc1cc(C=C(C#N)C(=O)Nc2ccccc2)cc(F)c1O. The van der Waals surface area contributed by atoms with Gasteiger partial charge < -0.3 is 15.2 Å². The molecule has 6 heteroatoms. The number of carbonyl (C=O) groups is 1. The number of hydrogen-bond acceptors (Lipinski definition) is 4. The van der Waals surface area contributed by atoms with Gasteiger partial charge in [0, 0.05) is 5.69 Å². The molecule has 0 aliphatic heterocycles. The smallest absolute Gasteiger partial charge is 0.266 e. The number of phenolic OH excluding ortho intramolecular Hbond substituents is 1. The summed E-state index contributed by atoms with van der Waals surface area (Å²) in [5.41, 5.74) is 0.587. The van der Waals surface area contributed by atoms with Crippen LogP contribution in [0.25, 0.3) is 6.08 Å². The van der Waals surface area contributed by atoms with Crippen LogP contribution in [0.3, 0.4) is 0 Å². The summed E-state index contributed by atoms with van der Waals surface area (Å²) in [5.74, 6) is -2.11. The molecular weight excluding hydrogens is 335 g/mol. The van der Waals surface area contributed by atoms with Gasteiger partial charge in [0.05, 0.1) is 6.61 Å². The fourth-order valence-corrected chi connectivity index (χ4v) is 2.15. The third-order valence-electron chi connectivity index (χ3n) is 3.51. The van der Waals surface area contributed by atoms with Gasteiger partial charge in [0.2, 0.25) is 0 Å². The van der Waals surface area contributed by atoms with Crippen molar-refractivity contribution >= 4 is 17.7 Å². The zero-order valence-electron chi connectivity index (χ0n) is 14.3. The van der Waals surface area contributed by atoms with Gasteiger partial charge in [-0.25, -0.2) is 4.39 Å². The van der Waals surface area contributed by atoms with E-state index < -0.39 is 17.5 Å². The van der Waals surface area contributed by atoms with Crippen LogP contribution in [0.2, 0.25) is 0 Å². The molecule has 2 aromatic carbocycles. The normalized spacial score (nSPS) is 10.9. The quantitative estimate of drug-likeness (QED) is 0.442. The largest absolute Gasteiger partial charge is 0.502 e. The van der Waals surface area contributed by atoms with E-state index in [4.69, 9.17) is 4.74 Å². The van der Waals surface area contributed by atoms with Crippen molar-refractivity contribution in [2.45, 2.75) is 19.8 Å². The molecule has 0 bridgehead atoms. The summed E-state index contributed by atoms with van der Waals surface area (Å²) in [7, 11) is 0. The van der Waals surface area contributed by atoms with Gasteiger partial charge in [-0.05, 0) is 42.3 Å². The number of para-hydroxylation sites is 1. The van der Waals surface area contributed by atoms with Crippen LogP contribution in [0.1, 0.15) is 25.3 Å². The highest BCUT2D eigenvalue weighted by molar-refractivity contribution is 6.09. The lowest BCUT2D eigenvalue weighted by Crippen LogP contribution is -2.13. The number of carbonyl (C=O) groups excluding carboxylic acids is 1. The standard InChI is InChI=1S/C20H19FN2O3/c1-2-3-9-26-18-12-14(11-17(21)19(18)24)10-15(13-22)20(25)23-16-7-5-4-6-8-16/h4-8,10-12,24H,2-3,9H2,1H3,(H,23,25). The van der Waals surface area contributed by atoms with Crippen molar-refractivity contribution in [3.8, 4) is 17.6 Å². The molecule has 2 N–H and O–H groups in total. The van der Waals surface area contributed by atoms with E-state index in [-0.39, 0.29) is 16.9 Å². The number of amides is 1. The van der Waals surface area contributed by atoms with Crippen molar-refractivity contribution < 1.29 is 19.0 Å². The van der Waals surface area contributed by atoms with Crippen molar-refractivity contribution in [2.75, 3.05) is 11.9 Å². The number of anilines is 1. The molecule has 5 nitrogen and oxygen atoms in total. The summed E-state index contributed by atoms with van der Waals surface area (Å²) in [6, 6.07) is 12.9. The first-order valence-electron chi connectivity index (χ1n) is 8.18. The van der Waals surface area contributed by atoms with Crippen LogP contribution < -0.4 is 10.1 Å². The average molecular weight is 354 g/mol. The molecule has 0 heterocycles. The highest BCUT2D eigenvalue weighted by Gasteiger charge is 2.13. The predicted octanol–water partition coefficient (Wildman–Crippen LogP) is 4.26. The molecule has 26 heavy (non-hydrogen) atoms. The number of nitrogens with one attached hydrogen (secondary N) is 1.